The third-order valence-corrected chi connectivity index (χ3v) is 7.74. The summed E-state index contributed by atoms with van der Waals surface area (Å²) in [5.74, 6) is 0.566. The van der Waals surface area contributed by atoms with Crippen molar-refractivity contribution in [1.29, 1.82) is 0 Å². The van der Waals surface area contributed by atoms with E-state index >= 15 is 0 Å². The van der Waals surface area contributed by atoms with E-state index < -0.39 is 0 Å². The molecule has 1 radical (unpaired) electrons. The third kappa shape index (κ3) is 4.79. The van der Waals surface area contributed by atoms with E-state index in [-0.39, 0.29) is 0 Å². The van der Waals surface area contributed by atoms with E-state index in [0.29, 0.717) is 13.4 Å². The average molecular weight is 540 g/mol. The van der Waals surface area contributed by atoms with Crippen LogP contribution in [0.3, 0.4) is 0 Å². The number of hydrogen-bond acceptors (Lipinski definition) is 3. The molecule has 0 aliphatic rings. The highest BCUT2D eigenvalue weighted by atomic mass is 16.5. The second kappa shape index (κ2) is 11.3. The Bertz CT molecular complexity index is 1980. The van der Waals surface area contributed by atoms with Crippen molar-refractivity contribution in [3.63, 3.8) is 0 Å². The minimum absolute atomic E-state index is 0.566. The first kappa shape index (κ1) is 25.6. The van der Waals surface area contributed by atoms with E-state index in [9.17, 15) is 0 Å². The average Bonchev–Trinajstić information content (AvgIpc) is 3.06. The van der Waals surface area contributed by atoms with Gasteiger partial charge in [0, 0.05) is 16.8 Å². The van der Waals surface area contributed by atoms with Gasteiger partial charge >= 0.3 is 7.69 Å². The van der Waals surface area contributed by atoms with Gasteiger partial charge in [0.25, 0.3) is 0 Å². The van der Waals surface area contributed by atoms with Crippen LogP contribution in [0.2, 0.25) is 0 Å². The Morgan fingerprint density at radius 1 is 0.452 bits per heavy atom. The maximum absolute atomic E-state index is 9.12. The number of benzene rings is 7. The van der Waals surface area contributed by atoms with Crippen LogP contribution in [0.4, 0.5) is 17.1 Å². The van der Waals surface area contributed by atoms with Gasteiger partial charge in [0.05, 0.1) is 5.69 Å². The molecule has 0 atom stereocenters. The highest BCUT2D eigenvalue weighted by Crippen LogP contribution is 2.43. The number of fused-ring (bicyclic) bond motifs is 2. The molecule has 0 heterocycles. The molecular weight excluding hydrogens is 513 g/mol. The van der Waals surface area contributed by atoms with Crippen molar-refractivity contribution in [3.05, 3.63) is 158 Å². The standard InChI is InChI=1S/C38H27BNO2/c41-39-42-32-23-21-31(22-24-32)40(30-19-17-28(18-20-30)27-9-2-1-3-10-27)38-26-25-36(35-14-6-7-15-37(35)38)34-16-8-12-29-11-4-5-13-33(29)34/h1-26,41H. The predicted octanol–water partition coefficient (Wildman–Crippen LogP) is 9.70. The van der Waals surface area contributed by atoms with Gasteiger partial charge < -0.3 is 14.6 Å². The first-order valence-electron chi connectivity index (χ1n) is 14.0. The Morgan fingerprint density at radius 2 is 1.02 bits per heavy atom. The number of nitrogens with zero attached hydrogens (tertiary/aromatic N) is 1. The highest BCUT2D eigenvalue weighted by molar-refractivity contribution is 6.17. The van der Waals surface area contributed by atoms with E-state index in [2.05, 4.69) is 132 Å². The molecule has 7 aromatic rings. The van der Waals surface area contributed by atoms with Crippen molar-refractivity contribution in [1.82, 2.24) is 0 Å². The summed E-state index contributed by atoms with van der Waals surface area (Å²) in [4.78, 5) is 2.27. The van der Waals surface area contributed by atoms with E-state index in [1.807, 2.05) is 30.3 Å². The lowest BCUT2D eigenvalue weighted by Gasteiger charge is -2.28. The van der Waals surface area contributed by atoms with Gasteiger partial charge in [0.1, 0.15) is 5.75 Å². The zero-order chi connectivity index (χ0) is 28.3. The molecule has 0 amide bonds. The molecule has 0 aliphatic heterocycles. The van der Waals surface area contributed by atoms with Crippen LogP contribution in [0.15, 0.2) is 158 Å². The first-order valence-corrected chi connectivity index (χ1v) is 14.0. The number of anilines is 3. The summed E-state index contributed by atoms with van der Waals surface area (Å²) in [5, 5.41) is 13.9. The molecule has 3 nitrogen and oxygen atoms in total. The predicted molar refractivity (Wildman–Crippen MR) is 176 cm³/mol. The molecule has 4 heteroatoms. The third-order valence-electron chi connectivity index (χ3n) is 7.74. The van der Waals surface area contributed by atoms with Gasteiger partial charge in [-0.15, -0.1) is 0 Å². The Morgan fingerprint density at radius 3 is 1.76 bits per heavy atom. The van der Waals surface area contributed by atoms with E-state index in [1.165, 1.54) is 32.8 Å². The van der Waals surface area contributed by atoms with Crippen molar-refractivity contribution in [2.45, 2.75) is 0 Å². The summed E-state index contributed by atoms with van der Waals surface area (Å²) >= 11 is 0. The molecule has 7 aromatic carbocycles. The van der Waals surface area contributed by atoms with Gasteiger partial charge in [-0.3, -0.25) is 0 Å². The molecule has 0 aliphatic carbocycles. The number of rotatable bonds is 7. The Kier molecular flexibility index (Phi) is 6.89. The Hall–Kier alpha value is -5.32. The smallest absolute Gasteiger partial charge is 0.537 e. The van der Waals surface area contributed by atoms with Crippen molar-refractivity contribution in [2.24, 2.45) is 0 Å². The van der Waals surface area contributed by atoms with Crippen LogP contribution in [0.1, 0.15) is 0 Å². The lowest BCUT2D eigenvalue weighted by molar-refractivity contribution is 0.454. The van der Waals surface area contributed by atoms with Crippen LogP contribution in [-0.2, 0) is 0 Å². The normalized spacial score (nSPS) is 11.0. The molecule has 0 unspecified atom stereocenters. The van der Waals surface area contributed by atoms with Gasteiger partial charge in [0.15, 0.2) is 0 Å². The Balaban J connectivity index is 1.41. The van der Waals surface area contributed by atoms with Gasteiger partial charge in [-0.2, -0.15) is 0 Å². The topological polar surface area (TPSA) is 32.7 Å². The van der Waals surface area contributed by atoms with Gasteiger partial charge in [-0.05, 0) is 80.9 Å². The van der Waals surface area contributed by atoms with Crippen molar-refractivity contribution in [3.8, 4) is 28.0 Å². The molecule has 199 valence electrons. The summed E-state index contributed by atoms with van der Waals surface area (Å²) in [6.07, 6.45) is 0. The highest BCUT2D eigenvalue weighted by Gasteiger charge is 2.18. The summed E-state index contributed by atoms with van der Waals surface area (Å²) in [5.41, 5.74) is 7.87. The van der Waals surface area contributed by atoms with Gasteiger partial charge in [0.2, 0.25) is 0 Å². The molecule has 0 saturated heterocycles. The second-order valence-corrected chi connectivity index (χ2v) is 10.2. The summed E-state index contributed by atoms with van der Waals surface area (Å²) in [7, 11) is 0.703. The molecular formula is C38H27BNO2. The molecule has 0 aromatic heterocycles. The van der Waals surface area contributed by atoms with Crippen molar-refractivity contribution >= 4 is 46.3 Å². The molecule has 0 fully saturated rings. The van der Waals surface area contributed by atoms with Crippen LogP contribution in [0.25, 0.3) is 43.8 Å². The van der Waals surface area contributed by atoms with Crippen LogP contribution in [-0.4, -0.2) is 12.7 Å². The molecule has 0 spiro atoms. The van der Waals surface area contributed by atoms with Gasteiger partial charge in [-0.25, -0.2) is 0 Å². The Labute approximate surface area is 246 Å². The fraction of sp³-hybridized carbons (Fsp3) is 0. The van der Waals surface area contributed by atoms with Crippen molar-refractivity contribution < 1.29 is 9.68 Å². The zero-order valence-electron chi connectivity index (χ0n) is 22.9. The summed E-state index contributed by atoms with van der Waals surface area (Å²) < 4.78 is 5.20. The fourth-order valence-electron chi connectivity index (χ4n) is 5.77. The lowest BCUT2D eigenvalue weighted by atomic mass is 9.93. The molecule has 42 heavy (non-hydrogen) atoms. The minimum atomic E-state index is 0.566. The fourth-order valence-corrected chi connectivity index (χ4v) is 5.77. The summed E-state index contributed by atoms with van der Waals surface area (Å²) in [6.45, 7) is 0. The minimum Gasteiger partial charge on any atom is -0.537 e. The maximum atomic E-state index is 9.12. The van der Waals surface area contributed by atoms with Crippen LogP contribution in [0, 0.1) is 0 Å². The quantitative estimate of drug-likeness (QED) is 0.204. The van der Waals surface area contributed by atoms with Crippen molar-refractivity contribution in [2.75, 3.05) is 4.90 Å². The SMILES string of the molecule is O[B]Oc1ccc(N(c2ccc(-c3ccccc3)cc2)c2ccc(-c3cccc4ccccc34)c3ccccc23)cc1. The van der Waals surface area contributed by atoms with Crippen LogP contribution in [0.5, 0.6) is 5.75 Å². The summed E-state index contributed by atoms with van der Waals surface area (Å²) in [6, 6.07) is 55.0. The van der Waals surface area contributed by atoms with Gasteiger partial charge in [-0.1, -0.05) is 115 Å². The van der Waals surface area contributed by atoms with E-state index in [4.69, 9.17) is 9.68 Å². The molecule has 7 rings (SSSR count). The van der Waals surface area contributed by atoms with E-state index in [1.54, 1.807) is 0 Å². The van der Waals surface area contributed by atoms with E-state index in [0.717, 1.165) is 28.0 Å². The lowest BCUT2D eigenvalue weighted by Crippen LogP contribution is -2.11. The monoisotopic (exact) mass is 540 g/mol. The molecule has 0 saturated carbocycles. The zero-order valence-corrected chi connectivity index (χ0v) is 22.9. The maximum Gasteiger partial charge on any atom is 0.569 e. The number of hydrogen-bond donors (Lipinski definition) is 1. The second-order valence-electron chi connectivity index (χ2n) is 10.2. The molecule has 0 bridgehead atoms. The van der Waals surface area contributed by atoms with Crippen LogP contribution >= 0.6 is 0 Å². The van der Waals surface area contributed by atoms with Crippen LogP contribution < -0.4 is 9.55 Å². The largest absolute Gasteiger partial charge is 0.569 e. The molecule has 1 N–H and O–H groups in total. The first-order chi connectivity index (χ1) is 20.8.